The fourth-order valence-corrected chi connectivity index (χ4v) is 21.6. The summed E-state index contributed by atoms with van der Waals surface area (Å²) in [5, 5.41) is -1.89. The molecule has 8 aliphatic rings. The highest BCUT2D eigenvalue weighted by Crippen LogP contribution is 2.81. The molecule has 6 saturated heterocycles. The van der Waals surface area contributed by atoms with E-state index in [0.717, 1.165) is 0 Å². The number of ketones is 2. The van der Waals surface area contributed by atoms with E-state index in [-0.39, 0.29) is 96.0 Å². The Bertz CT molecular complexity index is 3780. The predicted octanol–water partition coefficient (Wildman–Crippen LogP) is 8.35. The minimum atomic E-state index is -4.75. The lowest BCUT2D eigenvalue weighted by atomic mass is 9.54. The molecule has 10 atom stereocenters. The van der Waals surface area contributed by atoms with Crippen LogP contribution < -0.4 is 28.4 Å². The zero-order valence-electron chi connectivity index (χ0n) is 47.1. The molecule has 14 rings (SSSR count). The number of carbonyl (C=O) groups excluding carboxylic acids is 2. The van der Waals surface area contributed by atoms with Crippen LogP contribution in [0, 0.1) is 23.7 Å². The average Bonchev–Trinajstić information content (AvgIpc) is 1.45. The Balaban J connectivity index is 1.11. The molecule has 20 heteroatoms. The number of benzene rings is 6. The van der Waals surface area contributed by atoms with Crippen LogP contribution in [0.5, 0.6) is 34.5 Å². The van der Waals surface area contributed by atoms with Crippen molar-refractivity contribution in [1.29, 1.82) is 0 Å². The predicted molar refractivity (Wildman–Crippen MR) is 303 cm³/mol. The Morgan fingerprint density at radius 2 is 0.869 bits per heavy atom. The van der Waals surface area contributed by atoms with Gasteiger partial charge in [-0.05, 0) is 73.5 Å². The summed E-state index contributed by atoms with van der Waals surface area (Å²) in [6, 6.07) is 25.9. The van der Waals surface area contributed by atoms with Gasteiger partial charge in [0.1, 0.15) is 58.2 Å². The Kier molecular flexibility index (Phi) is 12.3. The first-order valence-corrected chi connectivity index (χ1v) is 31.2. The summed E-state index contributed by atoms with van der Waals surface area (Å²) < 4.78 is 147. The molecule has 0 unspecified atom stereocenters. The van der Waals surface area contributed by atoms with Gasteiger partial charge in [-0.25, -0.2) is 16.8 Å². The van der Waals surface area contributed by atoms with Crippen LogP contribution in [0.2, 0.25) is 0 Å². The third kappa shape index (κ3) is 6.34. The van der Waals surface area contributed by atoms with Gasteiger partial charge in [0.15, 0.2) is 42.4 Å². The highest BCUT2D eigenvalue weighted by atomic mass is 32.2. The number of hydrogen-bond acceptors (Lipinski definition) is 18. The molecule has 6 aromatic rings. The summed E-state index contributed by atoms with van der Waals surface area (Å²) in [6.45, 7) is 11.1. The maximum Gasteiger partial charge on any atom is 0.206 e. The van der Waals surface area contributed by atoms with Gasteiger partial charge in [0, 0.05) is 21.9 Å². The van der Waals surface area contributed by atoms with Crippen LogP contribution in [0.15, 0.2) is 132 Å². The zero-order valence-corrected chi connectivity index (χ0v) is 48.7. The van der Waals surface area contributed by atoms with Gasteiger partial charge in [0.05, 0.1) is 121 Å². The molecule has 438 valence electrons. The number of Topliss-reactive ketones (excluding diaryl/α,β-unsaturated/α-hetero) is 2. The van der Waals surface area contributed by atoms with E-state index in [2.05, 4.69) is 13.2 Å². The lowest BCUT2D eigenvalue weighted by molar-refractivity contribution is -0.218. The summed E-state index contributed by atoms with van der Waals surface area (Å²) in [7, 11) is -3.53. The quantitative estimate of drug-likeness (QED) is 0.0785. The second-order valence-electron chi connectivity index (χ2n) is 22.5. The van der Waals surface area contributed by atoms with Crippen molar-refractivity contribution >= 4 is 52.8 Å². The number of hydrogen-bond donors (Lipinski definition) is 0. The second kappa shape index (κ2) is 18.8. The van der Waals surface area contributed by atoms with Crippen LogP contribution in [0.3, 0.4) is 0 Å². The molecule has 0 amide bonds. The van der Waals surface area contributed by atoms with Gasteiger partial charge in [-0.2, -0.15) is 0 Å². The fourth-order valence-electron chi connectivity index (χ4n) is 16.7. The lowest BCUT2D eigenvalue weighted by Crippen LogP contribution is -2.68. The second-order valence-corrected chi connectivity index (χ2v) is 26.6. The van der Waals surface area contributed by atoms with E-state index in [4.69, 9.17) is 56.8 Å². The SMILES string of the molecule is C=CCOc1c2c(cc3c(OC)ccc(OC)c13)[C@@]13O[C@@](CC)([C@H](S(=O)(=O)c4ccccc4)[C@H]1C21OCCO1)[C@H]([C@@H]1C(=O)[C@]24O[C@@]1(CC)[C@H](S(=O)(=O)c1ccccc1)[C@H]2C1(OCCO1)c1c4cc2c(OC)ccc(OC)c2c1OCC=C)C3=O. The van der Waals surface area contributed by atoms with Crippen LogP contribution in [-0.2, 0) is 80.5 Å². The maximum absolute atomic E-state index is 17.6. The Morgan fingerprint density at radius 3 is 1.19 bits per heavy atom. The molecular formula is C64H62O18S2. The molecule has 0 saturated carbocycles. The molecule has 2 aliphatic carbocycles. The zero-order chi connectivity index (χ0) is 58.7. The third-order valence-electron chi connectivity index (χ3n) is 19.4. The molecule has 0 aromatic heterocycles. The number of fused-ring (bicyclic) bond motifs is 10. The van der Waals surface area contributed by atoms with Gasteiger partial charge in [-0.3, -0.25) is 9.59 Å². The molecular weight excluding hydrogens is 1120 g/mol. The van der Waals surface area contributed by atoms with Crippen molar-refractivity contribution in [3.05, 3.63) is 145 Å². The molecule has 84 heavy (non-hydrogen) atoms. The molecule has 18 nitrogen and oxygen atoms in total. The lowest BCUT2D eigenvalue weighted by Gasteiger charge is -2.50. The summed E-state index contributed by atoms with van der Waals surface area (Å²) in [5.74, 6) is -10.4. The number of sulfone groups is 2. The van der Waals surface area contributed by atoms with Crippen LogP contribution in [0.4, 0.5) is 0 Å². The normalized spacial score (nSPS) is 30.7. The molecule has 4 spiro atoms. The fraction of sp³-hybridized carbons (Fsp3) is 0.406. The van der Waals surface area contributed by atoms with Crippen molar-refractivity contribution in [2.75, 3.05) is 68.1 Å². The smallest absolute Gasteiger partial charge is 0.206 e. The summed E-state index contributed by atoms with van der Waals surface area (Å²) >= 11 is 0. The highest BCUT2D eigenvalue weighted by Gasteiger charge is 2.94. The van der Waals surface area contributed by atoms with Crippen molar-refractivity contribution in [3.8, 4) is 34.5 Å². The highest BCUT2D eigenvalue weighted by molar-refractivity contribution is 7.92. The van der Waals surface area contributed by atoms with E-state index >= 15 is 26.4 Å². The first-order valence-electron chi connectivity index (χ1n) is 28.1. The van der Waals surface area contributed by atoms with E-state index in [1.165, 1.54) is 52.7 Å². The van der Waals surface area contributed by atoms with Crippen LogP contribution in [0.1, 0.15) is 48.9 Å². The standard InChI is InChI=1S/C64H62O18S2/c1-9-27-75-51-45-37(41(71-5)23-25-43(45)73-7)33-39-47(51)63(77-29-30-78-63)53-57(83(67,68)35-19-15-13-16-20-35)59(11-3)49(55(65)61(39,53)81-59)50-56(66)62-40-34-38-42(72-6)24-26-44(74-8)46(38)52(76-28-10-2)48(40)64(79-31-32-80-64)54(62)58(60(50,12-4)82-62)84(69,70)36-21-17-14-18-22-36/h9-10,13-26,33-34,49-50,53-54,57-58H,1-2,11-12,27-32H2,3-8H3/t49-,50-,53-,54-,57-,58-,59-,60-,61-,62-/m1/s1. The van der Waals surface area contributed by atoms with Crippen LogP contribution in [-0.4, -0.2) is 118 Å². The first kappa shape index (κ1) is 55.0. The van der Waals surface area contributed by atoms with E-state index in [1.54, 1.807) is 98.8 Å². The summed E-state index contributed by atoms with van der Waals surface area (Å²) in [5.41, 5.74) is -8.27. The van der Waals surface area contributed by atoms with Gasteiger partial charge in [-0.15, -0.1) is 0 Å². The van der Waals surface area contributed by atoms with Crippen molar-refractivity contribution in [2.24, 2.45) is 23.7 Å². The molecule has 4 bridgehead atoms. The van der Waals surface area contributed by atoms with Crippen molar-refractivity contribution in [2.45, 2.75) is 81.0 Å². The van der Waals surface area contributed by atoms with Gasteiger partial charge in [0.25, 0.3) is 0 Å². The van der Waals surface area contributed by atoms with Gasteiger partial charge >= 0.3 is 0 Å². The minimum Gasteiger partial charge on any atom is -0.496 e. The Morgan fingerprint density at radius 1 is 0.524 bits per heavy atom. The molecule has 0 radical (unpaired) electrons. The summed E-state index contributed by atoms with van der Waals surface area (Å²) in [4.78, 5) is 34.9. The number of carbonyl (C=O) groups is 2. The van der Waals surface area contributed by atoms with E-state index in [0.29, 0.717) is 44.5 Å². The monoisotopic (exact) mass is 1180 g/mol. The molecule has 6 aromatic carbocycles. The molecule has 6 aliphatic heterocycles. The average molecular weight is 1180 g/mol. The topological polar surface area (TPSA) is 213 Å². The maximum atomic E-state index is 17.6. The van der Waals surface area contributed by atoms with E-state index < -0.39 is 99.4 Å². The van der Waals surface area contributed by atoms with Crippen LogP contribution in [0.25, 0.3) is 21.5 Å². The number of ether oxygens (including phenoxy) is 12. The van der Waals surface area contributed by atoms with Gasteiger partial charge in [-0.1, -0.05) is 75.6 Å². The minimum absolute atomic E-state index is 0.0268. The molecule has 6 fully saturated rings. The number of rotatable bonds is 17. The Hall–Kier alpha value is -6.88. The van der Waals surface area contributed by atoms with Crippen molar-refractivity contribution in [3.63, 3.8) is 0 Å². The third-order valence-corrected chi connectivity index (χ3v) is 24.0. The van der Waals surface area contributed by atoms with Gasteiger partial charge < -0.3 is 56.8 Å². The summed E-state index contributed by atoms with van der Waals surface area (Å²) in [6.07, 6.45) is 2.69. The largest absolute Gasteiger partial charge is 0.496 e. The van der Waals surface area contributed by atoms with E-state index in [1.807, 2.05) is 0 Å². The number of methoxy groups -OCH3 is 4. The Labute approximate surface area is 485 Å². The first-order chi connectivity index (χ1) is 40.6. The molecule has 6 heterocycles. The van der Waals surface area contributed by atoms with Gasteiger partial charge in [0.2, 0.25) is 11.6 Å². The van der Waals surface area contributed by atoms with Crippen molar-refractivity contribution < 1.29 is 83.3 Å². The van der Waals surface area contributed by atoms with Crippen LogP contribution >= 0.6 is 0 Å². The van der Waals surface area contributed by atoms with E-state index in [9.17, 15) is 0 Å². The van der Waals surface area contributed by atoms with Crippen molar-refractivity contribution in [1.82, 2.24) is 0 Å². The molecule has 0 N–H and O–H groups in total.